The zero-order chi connectivity index (χ0) is 17.0. The molecule has 2 atom stereocenters. The Labute approximate surface area is 138 Å². The quantitative estimate of drug-likeness (QED) is 0.872. The molecule has 0 aromatic heterocycles. The number of morpholine rings is 1. The average Bonchev–Trinajstić information content (AvgIpc) is 2.51. The van der Waals surface area contributed by atoms with Gasteiger partial charge in [-0.3, -0.25) is 9.69 Å². The van der Waals surface area contributed by atoms with Gasteiger partial charge in [0.15, 0.2) is 0 Å². The Balaban J connectivity index is 2.05. The van der Waals surface area contributed by atoms with Crippen molar-refractivity contribution in [2.24, 2.45) is 0 Å². The van der Waals surface area contributed by atoms with Crippen molar-refractivity contribution in [1.29, 1.82) is 0 Å². The summed E-state index contributed by atoms with van der Waals surface area (Å²) in [7, 11) is 0. The SMILES string of the molecule is Cc1cccc(C(C)C)c1NC(=O)CN1CC(CO)OCC1C. The topological polar surface area (TPSA) is 61.8 Å². The van der Waals surface area contributed by atoms with Gasteiger partial charge in [0.25, 0.3) is 0 Å². The van der Waals surface area contributed by atoms with Gasteiger partial charge in [0.05, 0.1) is 25.9 Å². The maximum atomic E-state index is 12.5. The molecule has 1 amide bonds. The maximum absolute atomic E-state index is 12.5. The number of hydrogen-bond acceptors (Lipinski definition) is 4. The van der Waals surface area contributed by atoms with Crippen LogP contribution in [0.3, 0.4) is 0 Å². The molecule has 1 fully saturated rings. The van der Waals surface area contributed by atoms with Crippen LogP contribution in [0.5, 0.6) is 0 Å². The van der Waals surface area contributed by atoms with E-state index in [1.165, 1.54) is 0 Å². The van der Waals surface area contributed by atoms with Crippen molar-refractivity contribution in [3.63, 3.8) is 0 Å². The predicted molar refractivity (Wildman–Crippen MR) is 91.8 cm³/mol. The minimum atomic E-state index is -0.205. The summed E-state index contributed by atoms with van der Waals surface area (Å²) in [5.41, 5.74) is 3.15. The van der Waals surface area contributed by atoms with E-state index in [4.69, 9.17) is 4.74 Å². The van der Waals surface area contributed by atoms with E-state index in [0.29, 0.717) is 25.6 Å². The summed E-state index contributed by atoms with van der Waals surface area (Å²) in [4.78, 5) is 14.6. The van der Waals surface area contributed by atoms with Crippen molar-refractivity contribution < 1.29 is 14.6 Å². The van der Waals surface area contributed by atoms with Crippen molar-refractivity contribution in [2.75, 3.05) is 31.6 Å². The number of nitrogens with one attached hydrogen (secondary N) is 1. The highest BCUT2D eigenvalue weighted by Crippen LogP contribution is 2.27. The predicted octanol–water partition coefficient (Wildman–Crippen LogP) is 2.14. The molecule has 0 saturated carbocycles. The van der Waals surface area contributed by atoms with Gasteiger partial charge in [0, 0.05) is 18.3 Å². The van der Waals surface area contributed by atoms with Gasteiger partial charge in [-0.05, 0) is 30.9 Å². The average molecular weight is 320 g/mol. The summed E-state index contributed by atoms with van der Waals surface area (Å²) in [6, 6.07) is 6.27. The lowest BCUT2D eigenvalue weighted by Crippen LogP contribution is -2.51. The molecular weight excluding hydrogens is 292 g/mol. The maximum Gasteiger partial charge on any atom is 0.238 e. The summed E-state index contributed by atoms with van der Waals surface area (Å²) < 4.78 is 5.52. The molecule has 0 bridgehead atoms. The Bertz CT molecular complexity index is 545. The van der Waals surface area contributed by atoms with Crippen LogP contribution in [0.1, 0.15) is 37.8 Å². The second kappa shape index (κ2) is 7.90. The number of nitrogens with zero attached hydrogens (tertiary/aromatic N) is 1. The van der Waals surface area contributed by atoms with E-state index in [1.54, 1.807) is 0 Å². The molecule has 1 saturated heterocycles. The lowest BCUT2D eigenvalue weighted by molar-refractivity contribution is -0.122. The third-order valence-electron chi connectivity index (χ3n) is 4.38. The normalized spacial score (nSPS) is 22.3. The highest BCUT2D eigenvalue weighted by atomic mass is 16.5. The second-order valence-corrected chi connectivity index (χ2v) is 6.66. The lowest BCUT2D eigenvalue weighted by atomic mass is 9.98. The van der Waals surface area contributed by atoms with E-state index in [0.717, 1.165) is 16.8 Å². The standard InChI is InChI=1S/C18H28N2O3/c1-12(2)16-7-5-6-13(3)18(16)19-17(22)9-20-8-15(10-21)23-11-14(20)4/h5-7,12,14-15,21H,8-11H2,1-4H3,(H,19,22). The number of ether oxygens (including phenoxy) is 1. The minimum Gasteiger partial charge on any atom is -0.394 e. The van der Waals surface area contributed by atoms with Gasteiger partial charge in [-0.2, -0.15) is 0 Å². The molecule has 0 spiro atoms. The number of amides is 1. The largest absolute Gasteiger partial charge is 0.394 e. The molecular formula is C18H28N2O3. The monoisotopic (exact) mass is 320 g/mol. The molecule has 2 unspecified atom stereocenters. The Kier molecular flexibility index (Phi) is 6.16. The van der Waals surface area contributed by atoms with Crippen LogP contribution in [-0.2, 0) is 9.53 Å². The molecule has 5 nitrogen and oxygen atoms in total. The first-order chi connectivity index (χ1) is 10.9. The number of aliphatic hydroxyl groups excluding tert-OH is 1. The number of carbonyl (C=O) groups excluding carboxylic acids is 1. The van der Waals surface area contributed by atoms with Crippen molar-refractivity contribution in [3.05, 3.63) is 29.3 Å². The summed E-state index contributed by atoms with van der Waals surface area (Å²) in [5, 5.41) is 12.3. The second-order valence-electron chi connectivity index (χ2n) is 6.66. The van der Waals surface area contributed by atoms with Crippen molar-refractivity contribution in [1.82, 2.24) is 4.90 Å². The molecule has 1 heterocycles. The Morgan fingerprint density at radius 2 is 2.22 bits per heavy atom. The van der Waals surface area contributed by atoms with Gasteiger partial charge >= 0.3 is 0 Å². The van der Waals surface area contributed by atoms with E-state index in [9.17, 15) is 9.90 Å². The molecule has 128 valence electrons. The number of aliphatic hydroxyl groups is 1. The first-order valence-electron chi connectivity index (χ1n) is 8.28. The number of aryl methyl sites for hydroxylation is 1. The van der Waals surface area contributed by atoms with Crippen LogP contribution in [0.4, 0.5) is 5.69 Å². The number of carbonyl (C=O) groups is 1. The van der Waals surface area contributed by atoms with Gasteiger partial charge in [-0.15, -0.1) is 0 Å². The molecule has 2 N–H and O–H groups in total. The summed E-state index contributed by atoms with van der Waals surface area (Å²) >= 11 is 0. The third kappa shape index (κ3) is 4.53. The van der Waals surface area contributed by atoms with Crippen molar-refractivity contribution in [2.45, 2.75) is 45.8 Å². The zero-order valence-corrected chi connectivity index (χ0v) is 14.5. The summed E-state index contributed by atoms with van der Waals surface area (Å²) in [6.45, 7) is 9.72. The van der Waals surface area contributed by atoms with Gasteiger partial charge < -0.3 is 15.2 Å². The molecule has 1 aromatic rings. The van der Waals surface area contributed by atoms with Crippen LogP contribution in [0.25, 0.3) is 0 Å². The zero-order valence-electron chi connectivity index (χ0n) is 14.5. The third-order valence-corrected chi connectivity index (χ3v) is 4.38. The smallest absolute Gasteiger partial charge is 0.238 e. The van der Waals surface area contributed by atoms with Gasteiger partial charge in [0.2, 0.25) is 5.91 Å². The molecule has 1 aliphatic heterocycles. The molecule has 1 aromatic carbocycles. The molecule has 0 radical (unpaired) electrons. The van der Waals surface area contributed by atoms with Gasteiger partial charge in [-0.25, -0.2) is 0 Å². The Morgan fingerprint density at radius 1 is 1.48 bits per heavy atom. The Hall–Kier alpha value is -1.43. The fraction of sp³-hybridized carbons (Fsp3) is 0.611. The van der Waals surface area contributed by atoms with Crippen LogP contribution in [0, 0.1) is 6.92 Å². The molecule has 1 aliphatic rings. The number of hydrogen-bond donors (Lipinski definition) is 2. The fourth-order valence-electron chi connectivity index (χ4n) is 2.91. The summed E-state index contributed by atoms with van der Waals surface area (Å²) in [5.74, 6) is 0.331. The van der Waals surface area contributed by atoms with Crippen molar-refractivity contribution >= 4 is 11.6 Å². The highest BCUT2D eigenvalue weighted by molar-refractivity contribution is 5.94. The van der Waals surface area contributed by atoms with E-state index in [2.05, 4.69) is 30.1 Å². The lowest BCUT2D eigenvalue weighted by Gasteiger charge is -2.36. The van der Waals surface area contributed by atoms with Crippen molar-refractivity contribution in [3.8, 4) is 0 Å². The number of para-hydroxylation sites is 1. The molecule has 5 heteroatoms. The van der Waals surface area contributed by atoms with Crippen LogP contribution < -0.4 is 5.32 Å². The van der Waals surface area contributed by atoms with E-state index in [1.807, 2.05) is 26.0 Å². The molecule has 0 aliphatic carbocycles. The summed E-state index contributed by atoms with van der Waals surface area (Å²) in [6.07, 6.45) is -0.205. The van der Waals surface area contributed by atoms with Crippen LogP contribution in [-0.4, -0.2) is 54.4 Å². The van der Waals surface area contributed by atoms with E-state index >= 15 is 0 Å². The minimum absolute atomic E-state index is 0.0138. The fourth-order valence-corrected chi connectivity index (χ4v) is 2.91. The van der Waals surface area contributed by atoms with Crippen LogP contribution >= 0.6 is 0 Å². The Morgan fingerprint density at radius 3 is 2.87 bits per heavy atom. The van der Waals surface area contributed by atoms with E-state index < -0.39 is 0 Å². The number of benzene rings is 1. The van der Waals surface area contributed by atoms with E-state index in [-0.39, 0.29) is 24.7 Å². The number of anilines is 1. The van der Waals surface area contributed by atoms with Gasteiger partial charge in [-0.1, -0.05) is 32.0 Å². The first-order valence-corrected chi connectivity index (χ1v) is 8.28. The number of rotatable bonds is 5. The first kappa shape index (κ1) is 17.9. The van der Waals surface area contributed by atoms with Gasteiger partial charge in [0.1, 0.15) is 0 Å². The highest BCUT2D eigenvalue weighted by Gasteiger charge is 2.27. The van der Waals surface area contributed by atoms with Crippen LogP contribution in [0.15, 0.2) is 18.2 Å². The molecule has 2 rings (SSSR count). The van der Waals surface area contributed by atoms with Crippen LogP contribution in [0.2, 0.25) is 0 Å². The molecule has 23 heavy (non-hydrogen) atoms.